The summed E-state index contributed by atoms with van der Waals surface area (Å²) in [6, 6.07) is 2.33. The van der Waals surface area contributed by atoms with Crippen molar-refractivity contribution >= 4 is 5.97 Å². The van der Waals surface area contributed by atoms with Gasteiger partial charge >= 0.3 is 12.1 Å². The number of carbonyl (C=O) groups is 1. The maximum absolute atomic E-state index is 12.8. The lowest BCUT2D eigenvalue weighted by Crippen LogP contribution is -2.12. The minimum absolute atomic E-state index is 0.134. The van der Waals surface area contributed by atoms with Crippen LogP contribution in [0.15, 0.2) is 18.2 Å². The second-order valence-electron chi connectivity index (χ2n) is 4.02. The van der Waals surface area contributed by atoms with Gasteiger partial charge in [-0.25, -0.2) is 8.78 Å². The summed E-state index contributed by atoms with van der Waals surface area (Å²) >= 11 is 0. The molecule has 0 saturated carbocycles. The topological polar surface area (TPSA) is 26.3 Å². The van der Waals surface area contributed by atoms with Gasteiger partial charge in [-0.1, -0.05) is 12.1 Å². The van der Waals surface area contributed by atoms with Crippen LogP contribution in [0.3, 0.4) is 0 Å². The van der Waals surface area contributed by atoms with Gasteiger partial charge in [-0.3, -0.25) is 4.79 Å². The average molecular weight is 296 g/mol. The Bertz CT molecular complexity index is 468. The van der Waals surface area contributed by atoms with Crippen molar-refractivity contribution in [3.8, 4) is 0 Å². The fourth-order valence-corrected chi connectivity index (χ4v) is 1.68. The summed E-state index contributed by atoms with van der Waals surface area (Å²) in [5, 5.41) is 0. The van der Waals surface area contributed by atoms with Crippen molar-refractivity contribution in [3.05, 3.63) is 34.9 Å². The van der Waals surface area contributed by atoms with Crippen molar-refractivity contribution in [1.82, 2.24) is 0 Å². The van der Waals surface area contributed by atoms with Gasteiger partial charge in [0.15, 0.2) is 0 Å². The molecule has 1 aromatic rings. The number of ether oxygens (including phenoxy) is 1. The Balaban J connectivity index is 2.98. The normalized spacial score (nSPS) is 11.8. The minimum atomic E-state index is -4.74. The van der Waals surface area contributed by atoms with E-state index in [1.54, 1.807) is 6.92 Å². The molecule has 0 aliphatic rings. The van der Waals surface area contributed by atoms with Gasteiger partial charge in [-0.05, 0) is 25.0 Å². The molecule has 112 valence electrons. The van der Waals surface area contributed by atoms with Crippen LogP contribution in [0, 0.1) is 0 Å². The molecule has 1 aromatic carbocycles. The van der Waals surface area contributed by atoms with E-state index < -0.39 is 29.7 Å². The quantitative estimate of drug-likeness (QED) is 0.603. The summed E-state index contributed by atoms with van der Waals surface area (Å²) in [6.07, 6.45) is -8.16. The first-order valence-corrected chi connectivity index (χ1v) is 5.89. The number of halogens is 5. The van der Waals surface area contributed by atoms with E-state index in [0.29, 0.717) is 6.07 Å². The molecule has 0 bridgehead atoms. The molecule has 0 fully saturated rings. The number of hydrogen-bond donors (Lipinski definition) is 0. The molecule has 0 aliphatic carbocycles. The molecular weight excluding hydrogens is 283 g/mol. The maximum atomic E-state index is 12.8. The molecule has 20 heavy (non-hydrogen) atoms. The zero-order valence-corrected chi connectivity index (χ0v) is 10.6. The number of carbonyl (C=O) groups excluding carboxylic acids is 1. The molecule has 1 rings (SSSR count). The summed E-state index contributed by atoms with van der Waals surface area (Å²) in [5.41, 5.74) is -2.04. The summed E-state index contributed by atoms with van der Waals surface area (Å²) in [4.78, 5) is 11.1. The SMILES string of the molecule is CCOC(=O)CCc1ccc(C(F)F)cc1C(F)(F)F. The van der Waals surface area contributed by atoms with E-state index in [2.05, 4.69) is 4.74 Å². The highest BCUT2D eigenvalue weighted by Gasteiger charge is 2.34. The highest BCUT2D eigenvalue weighted by Crippen LogP contribution is 2.35. The van der Waals surface area contributed by atoms with Crippen molar-refractivity contribution in [2.24, 2.45) is 0 Å². The van der Waals surface area contributed by atoms with E-state index in [1.807, 2.05) is 0 Å². The lowest BCUT2D eigenvalue weighted by atomic mass is 9.99. The molecule has 0 atom stereocenters. The zero-order chi connectivity index (χ0) is 15.3. The van der Waals surface area contributed by atoms with E-state index in [-0.39, 0.29) is 25.0 Å². The summed E-state index contributed by atoms with van der Waals surface area (Å²) in [7, 11) is 0. The smallest absolute Gasteiger partial charge is 0.416 e. The predicted octanol–water partition coefficient (Wildman–Crippen LogP) is 4.14. The Hall–Kier alpha value is -1.66. The second kappa shape index (κ2) is 6.67. The molecule has 0 aliphatic heterocycles. The van der Waals surface area contributed by atoms with Gasteiger partial charge in [0.2, 0.25) is 0 Å². The van der Waals surface area contributed by atoms with Crippen LogP contribution in [-0.4, -0.2) is 12.6 Å². The third-order valence-corrected chi connectivity index (χ3v) is 2.60. The molecule has 0 N–H and O–H groups in total. The Morgan fingerprint density at radius 3 is 2.45 bits per heavy atom. The van der Waals surface area contributed by atoms with Crippen LogP contribution in [-0.2, 0) is 22.1 Å². The number of hydrogen-bond acceptors (Lipinski definition) is 2. The fraction of sp³-hybridized carbons (Fsp3) is 0.462. The lowest BCUT2D eigenvalue weighted by molar-refractivity contribution is -0.144. The van der Waals surface area contributed by atoms with Gasteiger partial charge < -0.3 is 4.74 Å². The average Bonchev–Trinajstić information content (AvgIpc) is 2.35. The maximum Gasteiger partial charge on any atom is 0.416 e. The van der Waals surface area contributed by atoms with Crippen LogP contribution >= 0.6 is 0 Å². The first-order valence-electron chi connectivity index (χ1n) is 5.89. The molecule has 0 spiro atoms. The van der Waals surface area contributed by atoms with Crippen LogP contribution in [0.5, 0.6) is 0 Å². The highest BCUT2D eigenvalue weighted by atomic mass is 19.4. The van der Waals surface area contributed by atoms with Gasteiger partial charge in [0, 0.05) is 12.0 Å². The van der Waals surface area contributed by atoms with Gasteiger partial charge in [0.25, 0.3) is 6.43 Å². The second-order valence-corrected chi connectivity index (χ2v) is 4.02. The van der Waals surface area contributed by atoms with E-state index in [1.165, 1.54) is 0 Å². The van der Waals surface area contributed by atoms with Gasteiger partial charge in [-0.2, -0.15) is 13.2 Å². The number of esters is 1. The number of alkyl halides is 5. The molecule has 0 amide bonds. The largest absolute Gasteiger partial charge is 0.466 e. The van der Waals surface area contributed by atoms with Gasteiger partial charge in [0.1, 0.15) is 0 Å². The van der Waals surface area contributed by atoms with E-state index in [0.717, 1.165) is 12.1 Å². The summed E-state index contributed by atoms with van der Waals surface area (Å²) in [5.74, 6) is -0.626. The number of rotatable bonds is 5. The van der Waals surface area contributed by atoms with Crippen LogP contribution in [0.1, 0.15) is 36.5 Å². The predicted molar refractivity (Wildman–Crippen MR) is 61.4 cm³/mol. The lowest BCUT2D eigenvalue weighted by Gasteiger charge is -2.14. The molecule has 0 saturated heterocycles. The zero-order valence-electron chi connectivity index (χ0n) is 10.6. The van der Waals surface area contributed by atoms with Gasteiger partial charge in [-0.15, -0.1) is 0 Å². The van der Waals surface area contributed by atoms with Crippen LogP contribution in [0.25, 0.3) is 0 Å². The van der Waals surface area contributed by atoms with Crippen molar-refractivity contribution in [2.45, 2.75) is 32.4 Å². The fourth-order valence-electron chi connectivity index (χ4n) is 1.68. The molecule has 0 heterocycles. The third-order valence-electron chi connectivity index (χ3n) is 2.60. The van der Waals surface area contributed by atoms with Crippen molar-refractivity contribution in [3.63, 3.8) is 0 Å². The Morgan fingerprint density at radius 2 is 1.95 bits per heavy atom. The first-order chi connectivity index (χ1) is 9.25. The Morgan fingerprint density at radius 1 is 1.30 bits per heavy atom. The van der Waals surface area contributed by atoms with E-state index in [4.69, 9.17) is 0 Å². The molecular formula is C13H13F5O2. The highest BCUT2D eigenvalue weighted by molar-refractivity contribution is 5.69. The standard InChI is InChI=1S/C13H13F5O2/c1-2-20-11(19)6-5-8-3-4-9(12(14)15)7-10(8)13(16,17)18/h3-4,7,12H,2,5-6H2,1H3. The van der Waals surface area contributed by atoms with Crippen molar-refractivity contribution in [1.29, 1.82) is 0 Å². The summed E-state index contributed by atoms with van der Waals surface area (Å²) < 4.78 is 67.9. The number of aryl methyl sites for hydroxylation is 1. The molecule has 0 unspecified atom stereocenters. The molecule has 7 heteroatoms. The van der Waals surface area contributed by atoms with E-state index in [9.17, 15) is 26.7 Å². The van der Waals surface area contributed by atoms with Crippen LogP contribution in [0.4, 0.5) is 22.0 Å². The molecule has 0 aromatic heterocycles. The van der Waals surface area contributed by atoms with Crippen molar-refractivity contribution in [2.75, 3.05) is 6.61 Å². The number of benzene rings is 1. The monoisotopic (exact) mass is 296 g/mol. The van der Waals surface area contributed by atoms with E-state index >= 15 is 0 Å². The Kier molecular flexibility index (Phi) is 5.47. The summed E-state index contributed by atoms with van der Waals surface area (Å²) in [6.45, 7) is 1.71. The first kappa shape index (κ1) is 16.4. The van der Waals surface area contributed by atoms with Crippen LogP contribution < -0.4 is 0 Å². The Labute approximate surface area is 112 Å². The van der Waals surface area contributed by atoms with Crippen LogP contribution in [0.2, 0.25) is 0 Å². The third kappa shape index (κ3) is 4.47. The molecule has 0 radical (unpaired) electrons. The molecule has 2 nitrogen and oxygen atoms in total. The van der Waals surface area contributed by atoms with Crippen molar-refractivity contribution < 1.29 is 31.5 Å². The van der Waals surface area contributed by atoms with Gasteiger partial charge in [0.05, 0.1) is 12.2 Å². The minimum Gasteiger partial charge on any atom is -0.466 e.